The van der Waals surface area contributed by atoms with E-state index < -0.39 is 36.7 Å². The molecule has 1 rings (SSSR count). The summed E-state index contributed by atoms with van der Waals surface area (Å²) in [7, 11) is 0. The SMILES string of the molecule is O=C(O)[C@H]1OC(O)C(O)[C@@H](O)[C@@H]1O. The average molecular weight is 194 g/mol. The first-order chi connectivity index (χ1) is 5.95. The van der Waals surface area contributed by atoms with Gasteiger partial charge in [-0.1, -0.05) is 0 Å². The quantitative estimate of drug-likeness (QED) is 0.298. The van der Waals surface area contributed by atoms with Crippen LogP contribution in [0.25, 0.3) is 0 Å². The van der Waals surface area contributed by atoms with Crippen molar-refractivity contribution in [2.45, 2.75) is 30.7 Å². The van der Waals surface area contributed by atoms with Crippen LogP contribution in [0.3, 0.4) is 0 Å². The average Bonchev–Trinajstić information content (AvgIpc) is 2.07. The van der Waals surface area contributed by atoms with Gasteiger partial charge in [0.05, 0.1) is 0 Å². The van der Waals surface area contributed by atoms with Crippen LogP contribution in [0, 0.1) is 0 Å². The van der Waals surface area contributed by atoms with Crippen LogP contribution in [-0.4, -0.2) is 62.2 Å². The molecule has 0 bridgehead atoms. The zero-order valence-electron chi connectivity index (χ0n) is 6.44. The molecule has 1 saturated heterocycles. The number of carboxylic acid groups (broad SMARTS) is 1. The first kappa shape index (κ1) is 10.4. The normalized spacial score (nSPS) is 46.0. The molecule has 7 nitrogen and oxygen atoms in total. The fraction of sp³-hybridized carbons (Fsp3) is 0.833. The van der Waals surface area contributed by atoms with Crippen molar-refractivity contribution < 1.29 is 35.1 Å². The molecule has 1 heterocycles. The summed E-state index contributed by atoms with van der Waals surface area (Å²) in [6, 6.07) is 0. The lowest BCUT2D eigenvalue weighted by Gasteiger charge is -2.36. The fourth-order valence-electron chi connectivity index (χ4n) is 1.07. The van der Waals surface area contributed by atoms with Crippen LogP contribution < -0.4 is 0 Å². The third kappa shape index (κ3) is 1.79. The Balaban J connectivity index is 2.76. The fourth-order valence-corrected chi connectivity index (χ4v) is 1.07. The molecule has 0 aromatic rings. The Morgan fingerprint density at radius 3 is 2.00 bits per heavy atom. The molecule has 1 aliphatic rings. The smallest absolute Gasteiger partial charge is 0.335 e. The van der Waals surface area contributed by atoms with Crippen molar-refractivity contribution in [1.82, 2.24) is 0 Å². The van der Waals surface area contributed by atoms with Gasteiger partial charge in [-0.05, 0) is 0 Å². The second kappa shape index (κ2) is 3.56. The molecular weight excluding hydrogens is 184 g/mol. The highest BCUT2D eigenvalue weighted by Crippen LogP contribution is 2.19. The molecule has 0 aromatic heterocycles. The molecule has 1 fully saturated rings. The van der Waals surface area contributed by atoms with Gasteiger partial charge in [-0.3, -0.25) is 0 Å². The minimum absolute atomic E-state index is 1.52. The molecule has 5 N–H and O–H groups in total. The molecule has 1 aliphatic heterocycles. The van der Waals surface area contributed by atoms with Gasteiger partial charge in [-0.15, -0.1) is 0 Å². The Kier molecular flexibility index (Phi) is 2.84. The highest BCUT2D eigenvalue weighted by Gasteiger charge is 2.46. The molecule has 0 radical (unpaired) electrons. The van der Waals surface area contributed by atoms with E-state index in [0.717, 1.165) is 0 Å². The van der Waals surface area contributed by atoms with Crippen molar-refractivity contribution in [2.75, 3.05) is 0 Å². The predicted molar refractivity (Wildman–Crippen MR) is 36.5 cm³/mol. The van der Waals surface area contributed by atoms with Crippen LogP contribution in [0.2, 0.25) is 0 Å². The Labute approximate surface area is 72.8 Å². The van der Waals surface area contributed by atoms with Crippen LogP contribution in [0.4, 0.5) is 0 Å². The summed E-state index contributed by atoms with van der Waals surface area (Å²) in [5.74, 6) is -1.52. The van der Waals surface area contributed by atoms with Crippen LogP contribution in [0.5, 0.6) is 0 Å². The van der Waals surface area contributed by atoms with Gasteiger partial charge in [0.15, 0.2) is 12.4 Å². The summed E-state index contributed by atoms with van der Waals surface area (Å²) in [4.78, 5) is 10.4. The summed E-state index contributed by atoms with van der Waals surface area (Å²) in [6.07, 6.45) is -8.72. The summed E-state index contributed by atoms with van der Waals surface area (Å²) >= 11 is 0. The first-order valence-corrected chi connectivity index (χ1v) is 3.55. The van der Waals surface area contributed by atoms with Gasteiger partial charge >= 0.3 is 5.97 Å². The molecule has 0 amide bonds. The highest BCUT2D eigenvalue weighted by atomic mass is 16.6. The molecular formula is C6H10O7. The Morgan fingerprint density at radius 2 is 1.54 bits per heavy atom. The van der Waals surface area contributed by atoms with Crippen molar-refractivity contribution in [2.24, 2.45) is 0 Å². The van der Waals surface area contributed by atoms with Crippen molar-refractivity contribution >= 4 is 5.97 Å². The lowest BCUT2D eigenvalue weighted by atomic mass is 9.99. The number of carbonyl (C=O) groups is 1. The Bertz CT molecular complexity index is 205. The van der Waals surface area contributed by atoms with Gasteiger partial charge in [0.1, 0.15) is 18.3 Å². The Morgan fingerprint density at radius 1 is 1.00 bits per heavy atom. The van der Waals surface area contributed by atoms with Gasteiger partial charge in [0.25, 0.3) is 0 Å². The number of hydrogen-bond donors (Lipinski definition) is 5. The van der Waals surface area contributed by atoms with E-state index in [1.807, 2.05) is 0 Å². The van der Waals surface area contributed by atoms with Crippen LogP contribution >= 0.6 is 0 Å². The molecule has 2 unspecified atom stereocenters. The van der Waals surface area contributed by atoms with Crippen molar-refractivity contribution in [3.8, 4) is 0 Å². The topological polar surface area (TPSA) is 127 Å². The highest BCUT2D eigenvalue weighted by molar-refractivity contribution is 5.73. The molecule has 5 atom stereocenters. The summed E-state index contributed by atoms with van der Waals surface area (Å²) in [5, 5.41) is 44.4. The lowest BCUT2D eigenvalue weighted by molar-refractivity contribution is -0.279. The van der Waals surface area contributed by atoms with Gasteiger partial charge < -0.3 is 30.3 Å². The van der Waals surface area contributed by atoms with Crippen LogP contribution in [0.1, 0.15) is 0 Å². The van der Waals surface area contributed by atoms with E-state index in [9.17, 15) is 4.79 Å². The van der Waals surface area contributed by atoms with Crippen LogP contribution in [-0.2, 0) is 9.53 Å². The zero-order chi connectivity index (χ0) is 10.2. The molecule has 0 spiro atoms. The summed E-state index contributed by atoms with van der Waals surface area (Å²) in [5.41, 5.74) is 0. The summed E-state index contributed by atoms with van der Waals surface area (Å²) < 4.78 is 4.34. The molecule has 76 valence electrons. The van der Waals surface area contributed by atoms with E-state index in [0.29, 0.717) is 0 Å². The molecule has 13 heavy (non-hydrogen) atoms. The number of carboxylic acids is 1. The minimum atomic E-state index is -1.81. The van der Waals surface area contributed by atoms with E-state index in [1.165, 1.54) is 0 Å². The third-order valence-corrected chi connectivity index (χ3v) is 1.83. The second-order valence-corrected chi connectivity index (χ2v) is 2.76. The van der Waals surface area contributed by atoms with Gasteiger partial charge in [-0.2, -0.15) is 0 Å². The van der Waals surface area contributed by atoms with E-state index in [-0.39, 0.29) is 0 Å². The number of hydrogen-bond acceptors (Lipinski definition) is 6. The monoisotopic (exact) mass is 194 g/mol. The van der Waals surface area contributed by atoms with E-state index in [2.05, 4.69) is 4.74 Å². The maximum atomic E-state index is 10.4. The largest absolute Gasteiger partial charge is 0.479 e. The number of aliphatic hydroxyl groups excluding tert-OH is 4. The van der Waals surface area contributed by atoms with Gasteiger partial charge in [0, 0.05) is 0 Å². The standard InChI is InChI=1S/C6H10O7/c7-1-2(8)4(5(10)11)13-6(12)3(1)9/h1-4,6-9,12H,(H,10,11)/t1-,2-,3?,4-,6?/m0/s1. The zero-order valence-corrected chi connectivity index (χ0v) is 6.44. The summed E-state index contributed by atoms with van der Waals surface area (Å²) in [6.45, 7) is 0. The van der Waals surface area contributed by atoms with Gasteiger partial charge in [-0.25, -0.2) is 4.79 Å². The first-order valence-electron chi connectivity index (χ1n) is 3.55. The van der Waals surface area contributed by atoms with E-state index in [4.69, 9.17) is 25.5 Å². The number of aliphatic hydroxyl groups is 4. The number of rotatable bonds is 1. The Hall–Kier alpha value is -0.730. The maximum Gasteiger partial charge on any atom is 0.335 e. The van der Waals surface area contributed by atoms with Crippen molar-refractivity contribution in [3.05, 3.63) is 0 Å². The lowest BCUT2D eigenvalue weighted by Crippen LogP contribution is -2.59. The third-order valence-electron chi connectivity index (χ3n) is 1.83. The van der Waals surface area contributed by atoms with Crippen molar-refractivity contribution in [1.29, 1.82) is 0 Å². The molecule has 0 aromatic carbocycles. The van der Waals surface area contributed by atoms with Crippen molar-refractivity contribution in [3.63, 3.8) is 0 Å². The minimum Gasteiger partial charge on any atom is -0.479 e. The molecule has 0 saturated carbocycles. The maximum absolute atomic E-state index is 10.4. The van der Waals surface area contributed by atoms with Gasteiger partial charge in [0.2, 0.25) is 0 Å². The van der Waals surface area contributed by atoms with Crippen LogP contribution in [0.15, 0.2) is 0 Å². The second-order valence-electron chi connectivity index (χ2n) is 2.76. The number of aliphatic carboxylic acids is 1. The molecule has 0 aliphatic carbocycles. The molecule has 7 heteroatoms. The number of ether oxygens (including phenoxy) is 1. The van der Waals surface area contributed by atoms with E-state index in [1.54, 1.807) is 0 Å². The van der Waals surface area contributed by atoms with E-state index >= 15 is 0 Å². The predicted octanol–water partition coefficient (Wildman–Crippen LogP) is -3.13.